The molecule has 0 fully saturated rings. The van der Waals surface area contributed by atoms with E-state index in [1.54, 1.807) is 0 Å². The Morgan fingerprint density at radius 1 is 1.55 bits per heavy atom. The molecule has 0 aromatic heterocycles. The lowest BCUT2D eigenvalue weighted by molar-refractivity contribution is 0.406. The average molecular weight is 157 g/mol. The van der Waals surface area contributed by atoms with Crippen LogP contribution in [0.3, 0.4) is 0 Å². The Morgan fingerprint density at radius 3 is 2.73 bits per heavy atom. The van der Waals surface area contributed by atoms with Gasteiger partial charge in [-0.15, -0.1) is 0 Å². The standard InChI is InChI=1S/C7H8FNO2/c1-11-6-3-4(8)2-5(10)7(6)9/h2-3,10H,9H2,1H3. The van der Waals surface area contributed by atoms with Gasteiger partial charge >= 0.3 is 0 Å². The summed E-state index contributed by atoms with van der Waals surface area (Å²) >= 11 is 0. The minimum atomic E-state index is -0.575. The first-order chi connectivity index (χ1) is 5.15. The Hall–Kier alpha value is -1.45. The first kappa shape index (κ1) is 7.65. The van der Waals surface area contributed by atoms with Gasteiger partial charge < -0.3 is 15.6 Å². The summed E-state index contributed by atoms with van der Waals surface area (Å²) in [5, 5.41) is 8.97. The fraction of sp³-hybridized carbons (Fsp3) is 0.143. The molecular formula is C7H8FNO2. The molecule has 60 valence electrons. The lowest BCUT2D eigenvalue weighted by Crippen LogP contribution is -1.93. The van der Waals surface area contributed by atoms with Crippen LogP contribution in [-0.2, 0) is 0 Å². The highest BCUT2D eigenvalue weighted by atomic mass is 19.1. The second-order valence-corrected chi connectivity index (χ2v) is 2.04. The van der Waals surface area contributed by atoms with Gasteiger partial charge in [-0.2, -0.15) is 0 Å². The maximum Gasteiger partial charge on any atom is 0.148 e. The lowest BCUT2D eigenvalue weighted by Gasteiger charge is -2.05. The molecule has 3 N–H and O–H groups in total. The minimum absolute atomic E-state index is 0.0499. The Labute approximate surface area is 63.2 Å². The molecule has 1 aromatic carbocycles. The van der Waals surface area contributed by atoms with Crippen molar-refractivity contribution in [3.8, 4) is 11.5 Å². The van der Waals surface area contributed by atoms with E-state index in [2.05, 4.69) is 4.74 Å². The summed E-state index contributed by atoms with van der Waals surface area (Å²) in [6.07, 6.45) is 0. The van der Waals surface area contributed by atoms with Crippen molar-refractivity contribution in [1.29, 1.82) is 0 Å². The molecule has 0 aliphatic carbocycles. The quantitative estimate of drug-likeness (QED) is 0.474. The smallest absolute Gasteiger partial charge is 0.148 e. The van der Waals surface area contributed by atoms with Crippen molar-refractivity contribution in [3.63, 3.8) is 0 Å². The predicted molar refractivity (Wildman–Crippen MR) is 39.0 cm³/mol. The average Bonchev–Trinajstić information content (AvgIpc) is 1.96. The molecule has 0 saturated carbocycles. The second kappa shape index (κ2) is 2.65. The van der Waals surface area contributed by atoms with Crippen molar-refractivity contribution in [2.24, 2.45) is 0 Å². The summed E-state index contributed by atoms with van der Waals surface area (Å²) in [5.41, 5.74) is 5.37. The molecule has 0 aliphatic rings. The Balaban J connectivity index is 3.24. The maximum atomic E-state index is 12.5. The zero-order valence-corrected chi connectivity index (χ0v) is 5.97. The topological polar surface area (TPSA) is 55.5 Å². The number of nitrogens with two attached hydrogens (primary N) is 1. The molecule has 0 spiro atoms. The summed E-state index contributed by atoms with van der Waals surface area (Å²) in [6.45, 7) is 0. The number of benzene rings is 1. The van der Waals surface area contributed by atoms with Gasteiger partial charge in [0.25, 0.3) is 0 Å². The van der Waals surface area contributed by atoms with E-state index >= 15 is 0 Å². The zero-order valence-electron chi connectivity index (χ0n) is 5.97. The number of methoxy groups -OCH3 is 1. The number of phenolic OH excluding ortho intramolecular Hbond substituents is 1. The van der Waals surface area contributed by atoms with E-state index in [-0.39, 0.29) is 17.2 Å². The van der Waals surface area contributed by atoms with Crippen molar-refractivity contribution in [1.82, 2.24) is 0 Å². The summed E-state index contributed by atoms with van der Waals surface area (Å²) in [4.78, 5) is 0. The normalized spacial score (nSPS) is 9.64. The third-order valence-corrected chi connectivity index (χ3v) is 1.30. The van der Waals surface area contributed by atoms with Gasteiger partial charge in [-0.1, -0.05) is 0 Å². The summed E-state index contributed by atoms with van der Waals surface area (Å²) < 4.78 is 17.2. The highest BCUT2D eigenvalue weighted by Gasteiger charge is 2.06. The number of aromatic hydroxyl groups is 1. The van der Waals surface area contributed by atoms with Gasteiger partial charge in [0.1, 0.15) is 23.0 Å². The minimum Gasteiger partial charge on any atom is -0.506 e. The van der Waals surface area contributed by atoms with Gasteiger partial charge in [0.05, 0.1) is 7.11 Å². The van der Waals surface area contributed by atoms with Crippen molar-refractivity contribution < 1.29 is 14.2 Å². The van der Waals surface area contributed by atoms with Gasteiger partial charge in [0.15, 0.2) is 0 Å². The zero-order chi connectivity index (χ0) is 8.43. The Kier molecular flexibility index (Phi) is 1.85. The van der Waals surface area contributed by atoms with Gasteiger partial charge in [0, 0.05) is 12.1 Å². The third-order valence-electron chi connectivity index (χ3n) is 1.30. The van der Waals surface area contributed by atoms with E-state index in [1.165, 1.54) is 7.11 Å². The van der Waals surface area contributed by atoms with Gasteiger partial charge in [-0.3, -0.25) is 0 Å². The van der Waals surface area contributed by atoms with Gasteiger partial charge in [0.2, 0.25) is 0 Å². The molecule has 0 unspecified atom stereocenters. The summed E-state index contributed by atoms with van der Waals surface area (Å²) in [7, 11) is 1.35. The number of ether oxygens (including phenoxy) is 1. The van der Waals surface area contributed by atoms with Crippen LogP contribution in [0.4, 0.5) is 10.1 Å². The fourth-order valence-corrected chi connectivity index (χ4v) is 0.748. The van der Waals surface area contributed by atoms with E-state index < -0.39 is 5.82 Å². The second-order valence-electron chi connectivity index (χ2n) is 2.04. The maximum absolute atomic E-state index is 12.5. The Morgan fingerprint density at radius 2 is 2.18 bits per heavy atom. The number of halogens is 1. The van der Waals surface area contributed by atoms with Crippen molar-refractivity contribution in [2.45, 2.75) is 0 Å². The molecule has 0 radical (unpaired) electrons. The highest BCUT2D eigenvalue weighted by molar-refractivity contribution is 5.62. The number of nitrogen functional groups attached to an aromatic ring is 1. The molecule has 1 rings (SSSR count). The van der Waals surface area contributed by atoms with Crippen LogP contribution in [0.1, 0.15) is 0 Å². The van der Waals surface area contributed by atoms with Crippen LogP contribution in [0.15, 0.2) is 12.1 Å². The predicted octanol–water partition coefficient (Wildman–Crippen LogP) is 1.12. The van der Waals surface area contributed by atoms with E-state index in [0.717, 1.165) is 12.1 Å². The van der Waals surface area contributed by atoms with Crippen LogP contribution in [-0.4, -0.2) is 12.2 Å². The molecule has 0 heterocycles. The number of rotatable bonds is 1. The monoisotopic (exact) mass is 157 g/mol. The molecule has 11 heavy (non-hydrogen) atoms. The van der Waals surface area contributed by atoms with E-state index in [0.29, 0.717) is 0 Å². The number of phenols is 1. The largest absolute Gasteiger partial charge is 0.506 e. The van der Waals surface area contributed by atoms with Crippen LogP contribution < -0.4 is 10.5 Å². The molecule has 0 aliphatic heterocycles. The molecular weight excluding hydrogens is 149 g/mol. The number of hydrogen-bond acceptors (Lipinski definition) is 3. The highest BCUT2D eigenvalue weighted by Crippen LogP contribution is 2.31. The molecule has 3 nitrogen and oxygen atoms in total. The van der Waals surface area contributed by atoms with Crippen LogP contribution >= 0.6 is 0 Å². The van der Waals surface area contributed by atoms with Crippen LogP contribution in [0.25, 0.3) is 0 Å². The first-order valence-corrected chi connectivity index (χ1v) is 2.97. The van der Waals surface area contributed by atoms with Crippen molar-refractivity contribution >= 4 is 5.69 Å². The van der Waals surface area contributed by atoms with Crippen LogP contribution in [0, 0.1) is 5.82 Å². The number of hydrogen-bond donors (Lipinski definition) is 2. The molecule has 1 aromatic rings. The fourth-order valence-electron chi connectivity index (χ4n) is 0.748. The third kappa shape index (κ3) is 1.34. The molecule has 0 amide bonds. The Bertz CT molecular complexity index is 275. The van der Waals surface area contributed by atoms with Gasteiger partial charge in [-0.05, 0) is 0 Å². The summed E-state index contributed by atoms with van der Waals surface area (Å²) in [5.74, 6) is -0.738. The van der Waals surface area contributed by atoms with Crippen LogP contribution in [0.5, 0.6) is 11.5 Å². The number of anilines is 1. The molecule has 0 saturated heterocycles. The summed E-state index contributed by atoms with van der Waals surface area (Å²) in [6, 6.07) is 2.03. The molecule has 0 bridgehead atoms. The first-order valence-electron chi connectivity index (χ1n) is 2.97. The SMILES string of the molecule is COc1cc(F)cc(O)c1N. The van der Waals surface area contributed by atoms with Crippen molar-refractivity contribution in [2.75, 3.05) is 12.8 Å². The van der Waals surface area contributed by atoms with Gasteiger partial charge in [-0.25, -0.2) is 4.39 Å². The molecule has 0 atom stereocenters. The van der Waals surface area contributed by atoms with E-state index in [1.807, 2.05) is 0 Å². The van der Waals surface area contributed by atoms with E-state index in [4.69, 9.17) is 10.8 Å². The lowest BCUT2D eigenvalue weighted by atomic mass is 10.2. The molecule has 4 heteroatoms. The van der Waals surface area contributed by atoms with Crippen LogP contribution in [0.2, 0.25) is 0 Å². The van der Waals surface area contributed by atoms with E-state index in [9.17, 15) is 4.39 Å². The van der Waals surface area contributed by atoms with Crippen molar-refractivity contribution in [3.05, 3.63) is 17.9 Å².